The topological polar surface area (TPSA) is 25.0 Å². The van der Waals surface area contributed by atoms with Gasteiger partial charge in [0.2, 0.25) is 8.32 Å². The number of H-pyrrole nitrogens is 1. The summed E-state index contributed by atoms with van der Waals surface area (Å²) in [6.07, 6.45) is 0. The molecule has 26 heavy (non-hydrogen) atoms. The van der Waals surface area contributed by atoms with Gasteiger partial charge in [0.15, 0.2) is 0 Å². The van der Waals surface area contributed by atoms with Crippen molar-refractivity contribution in [2.24, 2.45) is 0 Å². The van der Waals surface area contributed by atoms with Crippen molar-refractivity contribution in [1.82, 2.24) is 4.98 Å². The summed E-state index contributed by atoms with van der Waals surface area (Å²) in [5.74, 6) is 2.02. The maximum atomic E-state index is 6.55. The molecule has 0 saturated carbocycles. The molecule has 3 aromatic rings. The monoisotopic (exact) mass is 381 g/mol. The Labute approximate surface area is 161 Å². The van der Waals surface area contributed by atoms with E-state index in [2.05, 4.69) is 82.2 Å². The Morgan fingerprint density at radius 1 is 1.12 bits per heavy atom. The van der Waals surface area contributed by atoms with Crippen LogP contribution < -0.4 is 4.43 Å². The molecular weight excluding hydrogens is 354 g/mol. The average molecular weight is 382 g/mol. The number of hydrogen-bond acceptors (Lipinski definition) is 2. The first kappa shape index (κ1) is 17.7. The third-order valence-corrected chi connectivity index (χ3v) is 11.4. The van der Waals surface area contributed by atoms with Crippen molar-refractivity contribution in [3.8, 4) is 17.0 Å². The fraction of sp³-hybridized carbons (Fsp3) is 0.364. The number of nitrogens with one attached hydrogen (secondary N) is 1. The Kier molecular flexibility index (Phi) is 4.05. The summed E-state index contributed by atoms with van der Waals surface area (Å²) in [7, 11) is -1.83. The number of aryl methyl sites for hydroxylation is 1. The molecule has 1 aliphatic rings. The zero-order valence-electron chi connectivity index (χ0n) is 16.5. The van der Waals surface area contributed by atoms with Crippen LogP contribution in [0.2, 0.25) is 18.1 Å². The van der Waals surface area contributed by atoms with Gasteiger partial charge in [-0.2, -0.15) is 0 Å². The average Bonchev–Trinajstić information content (AvgIpc) is 2.91. The molecule has 1 N–H and O–H groups in total. The molecule has 2 heterocycles. The normalized spacial score (nSPS) is 14.2. The summed E-state index contributed by atoms with van der Waals surface area (Å²) in [6, 6.07) is 13.1. The maximum absolute atomic E-state index is 6.55. The molecular formula is C22H27NOSSi. The molecule has 1 aliphatic heterocycles. The van der Waals surface area contributed by atoms with Crippen LogP contribution in [0.3, 0.4) is 0 Å². The first-order valence-electron chi connectivity index (χ1n) is 9.24. The SMILES string of the molecule is Cc1cccc2c1-c1[nH]c3ccc(O[Si](C)(C)C(C)(C)C)cc3c1CS2. The van der Waals surface area contributed by atoms with E-state index >= 15 is 0 Å². The van der Waals surface area contributed by atoms with E-state index in [0.717, 1.165) is 11.5 Å². The Balaban J connectivity index is 1.81. The summed E-state index contributed by atoms with van der Waals surface area (Å²) in [4.78, 5) is 5.05. The van der Waals surface area contributed by atoms with Crippen LogP contribution in [0.5, 0.6) is 5.75 Å². The summed E-state index contributed by atoms with van der Waals surface area (Å²) in [5, 5.41) is 1.50. The second kappa shape index (κ2) is 5.93. The lowest BCUT2D eigenvalue weighted by Gasteiger charge is -2.36. The van der Waals surface area contributed by atoms with E-state index in [0.29, 0.717) is 0 Å². The molecule has 1 aromatic heterocycles. The van der Waals surface area contributed by atoms with E-state index in [9.17, 15) is 0 Å². The molecule has 0 spiro atoms. The minimum atomic E-state index is -1.83. The highest BCUT2D eigenvalue weighted by Gasteiger charge is 2.39. The second-order valence-corrected chi connectivity index (χ2v) is 14.5. The molecule has 0 saturated heterocycles. The van der Waals surface area contributed by atoms with Crippen molar-refractivity contribution in [2.75, 3.05) is 0 Å². The molecule has 0 fully saturated rings. The number of hydrogen-bond donors (Lipinski definition) is 1. The van der Waals surface area contributed by atoms with Gasteiger partial charge in [0.25, 0.3) is 0 Å². The van der Waals surface area contributed by atoms with E-state index in [1.54, 1.807) is 0 Å². The van der Waals surface area contributed by atoms with Crippen molar-refractivity contribution in [3.05, 3.63) is 47.5 Å². The van der Waals surface area contributed by atoms with E-state index in [1.807, 2.05) is 11.8 Å². The van der Waals surface area contributed by atoms with Crippen LogP contribution >= 0.6 is 11.8 Å². The van der Waals surface area contributed by atoms with Gasteiger partial charge in [-0.05, 0) is 60.4 Å². The van der Waals surface area contributed by atoms with Gasteiger partial charge in [0.05, 0.1) is 5.69 Å². The molecule has 0 radical (unpaired) electrons. The lowest BCUT2D eigenvalue weighted by Crippen LogP contribution is -2.43. The van der Waals surface area contributed by atoms with Crippen molar-refractivity contribution in [2.45, 2.75) is 56.5 Å². The van der Waals surface area contributed by atoms with Crippen LogP contribution in [0.15, 0.2) is 41.3 Å². The van der Waals surface area contributed by atoms with Gasteiger partial charge >= 0.3 is 0 Å². The first-order chi connectivity index (χ1) is 12.2. The third kappa shape index (κ3) is 2.80. The highest BCUT2D eigenvalue weighted by Crippen LogP contribution is 2.46. The molecule has 2 aromatic carbocycles. The van der Waals surface area contributed by atoms with Gasteiger partial charge in [-0.3, -0.25) is 0 Å². The van der Waals surface area contributed by atoms with E-state index in [4.69, 9.17) is 4.43 Å². The molecule has 0 amide bonds. The molecule has 0 aliphatic carbocycles. The van der Waals surface area contributed by atoms with Crippen LogP contribution in [0.25, 0.3) is 22.2 Å². The molecule has 0 atom stereocenters. The Bertz CT molecular complexity index is 997. The molecule has 4 rings (SSSR count). The van der Waals surface area contributed by atoms with Gasteiger partial charge in [-0.1, -0.05) is 32.9 Å². The van der Waals surface area contributed by atoms with E-state index in [-0.39, 0.29) is 5.04 Å². The second-order valence-electron chi connectivity index (χ2n) is 8.79. The molecule has 0 unspecified atom stereocenters. The smallest absolute Gasteiger partial charge is 0.250 e. The largest absolute Gasteiger partial charge is 0.543 e. The van der Waals surface area contributed by atoms with Crippen LogP contribution in [0.4, 0.5) is 0 Å². The number of aromatic nitrogens is 1. The lowest BCUT2D eigenvalue weighted by atomic mass is 10.0. The zero-order valence-corrected chi connectivity index (χ0v) is 18.3. The van der Waals surface area contributed by atoms with Crippen LogP contribution in [-0.2, 0) is 5.75 Å². The minimum Gasteiger partial charge on any atom is -0.543 e. The van der Waals surface area contributed by atoms with Gasteiger partial charge < -0.3 is 9.41 Å². The highest BCUT2D eigenvalue weighted by molar-refractivity contribution is 7.98. The van der Waals surface area contributed by atoms with Gasteiger partial charge in [0, 0.05) is 27.1 Å². The number of thioether (sulfide) groups is 1. The quantitative estimate of drug-likeness (QED) is 0.477. The van der Waals surface area contributed by atoms with Crippen LogP contribution in [-0.4, -0.2) is 13.3 Å². The maximum Gasteiger partial charge on any atom is 0.250 e. The molecule has 0 bridgehead atoms. The van der Waals surface area contributed by atoms with E-state index < -0.39 is 8.32 Å². The summed E-state index contributed by atoms with van der Waals surface area (Å²) in [6.45, 7) is 13.7. The Morgan fingerprint density at radius 2 is 1.88 bits per heavy atom. The first-order valence-corrected chi connectivity index (χ1v) is 13.1. The van der Waals surface area contributed by atoms with Crippen molar-refractivity contribution < 1.29 is 4.43 Å². The van der Waals surface area contributed by atoms with Crippen molar-refractivity contribution in [3.63, 3.8) is 0 Å². The Hall–Kier alpha value is -1.65. The number of rotatable bonds is 2. The van der Waals surface area contributed by atoms with E-state index in [1.165, 1.54) is 38.2 Å². The Morgan fingerprint density at radius 3 is 2.62 bits per heavy atom. The standard InChI is InChI=1S/C22H27NOSSi/c1-14-8-7-9-19-20(14)21-17(13-25-19)16-12-15(10-11-18(16)23-21)24-26(5,6)22(2,3)4/h7-12,23H,13H2,1-6H3. The zero-order chi connectivity index (χ0) is 18.7. The van der Waals surface area contributed by atoms with Crippen LogP contribution in [0, 0.1) is 6.92 Å². The van der Waals surface area contributed by atoms with Crippen molar-refractivity contribution in [1.29, 1.82) is 0 Å². The van der Waals surface area contributed by atoms with Gasteiger partial charge in [-0.25, -0.2) is 0 Å². The van der Waals surface area contributed by atoms with Gasteiger partial charge in [0.1, 0.15) is 5.75 Å². The van der Waals surface area contributed by atoms with Gasteiger partial charge in [-0.15, -0.1) is 11.8 Å². The van der Waals surface area contributed by atoms with Crippen LogP contribution in [0.1, 0.15) is 31.9 Å². The summed E-state index contributed by atoms with van der Waals surface area (Å²) < 4.78 is 6.55. The number of aromatic amines is 1. The number of fused-ring (bicyclic) bond motifs is 5. The fourth-order valence-electron chi connectivity index (χ4n) is 3.33. The molecule has 4 heteroatoms. The fourth-order valence-corrected chi connectivity index (χ4v) is 5.54. The predicted molar refractivity (Wildman–Crippen MR) is 116 cm³/mol. The molecule has 136 valence electrons. The third-order valence-electron chi connectivity index (χ3n) is 5.91. The summed E-state index contributed by atoms with van der Waals surface area (Å²) in [5.41, 5.74) is 6.60. The minimum absolute atomic E-state index is 0.200. The molecule has 2 nitrogen and oxygen atoms in total. The predicted octanol–water partition coefficient (Wildman–Crippen LogP) is 7.13. The number of benzene rings is 2. The highest BCUT2D eigenvalue weighted by atomic mass is 32.2. The lowest BCUT2D eigenvalue weighted by molar-refractivity contribution is 0.493. The summed E-state index contributed by atoms with van der Waals surface area (Å²) >= 11 is 1.94. The van der Waals surface area contributed by atoms with Crippen molar-refractivity contribution >= 4 is 31.0 Å².